The van der Waals surface area contributed by atoms with E-state index in [1.54, 1.807) is 14.2 Å². The first-order valence-corrected chi connectivity index (χ1v) is 7.27. The van der Waals surface area contributed by atoms with E-state index < -0.39 is 11.4 Å². The summed E-state index contributed by atoms with van der Waals surface area (Å²) in [5.74, 6) is -0.575. The van der Waals surface area contributed by atoms with E-state index >= 15 is 0 Å². The smallest absolute Gasteiger partial charge is 0.410 e. The van der Waals surface area contributed by atoms with Gasteiger partial charge in [-0.05, 0) is 40.5 Å². The third-order valence-corrected chi connectivity index (χ3v) is 4.49. The molecule has 1 amide bonds. The monoisotopic (exact) mass is 285 g/mol. The molecule has 2 aliphatic heterocycles. The Morgan fingerprint density at radius 2 is 1.85 bits per heavy atom. The van der Waals surface area contributed by atoms with Crippen molar-refractivity contribution in [1.29, 1.82) is 0 Å². The number of piperidine rings is 1. The van der Waals surface area contributed by atoms with E-state index in [9.17, 15) is 4.79 Å². The number of carbonyl (C=O) groups excluding carboxylic acids is 1. The third kappa shape index (κ3) is 2.66. The van der Waals surface area contributed by atoms with Crippen LogP contribution in [0, 0.1) is 0 Å². The molecule has 5 nitrogen and oxygen atoms in total. The minimum atomic E-state index is -0.575. The Labute approximate surface area is 121 Å². The molecule has 0 aromatic rings. The Morgan fingerprint density at radius 1 is 1.25 bits per heavy atom. The van der Waals surface area contributed by atoms with Gasteiger partial charge >= 0.3 is 6.09 Å². The van der Waals surface area contributed by atoms with E-state index in [0.29, 0.717) is 12.8 Å². The largest absolute Gasteiger partial charge is 0.444 e. The quantitative estimate of drug-likeness (QED) is 0.732. The third-order valence-electron chi connectivity index (χ3n) is 4.49. The molecule has 20 heavy (non-hydrogen) atoms. The van der Waals surface area contributed by atoms with Crippen LogP contribution >= 0.6 is 0 Å². The van der Waals surface area contributed by atoms with Gasteiger partial charge in [-0.3, -0.25) is 4.90 Å². The summed E-state index contributed by atoms with van der Waals surface area (Å²) in [6.07, 6.45) is 3.11. The van der Waals surface area contributed by atoms with Crippen molar-refractivity contribution in [3.63, 3.8) is 0 Å². The summed E-state index contributed by atoms with van der Waals surface area (Å²) in [6.45, 7) is 7.79. The predicted octanol–water partition coefficient (Wildman–Crippen LogP) is 2.93. The minimum absolute atomic E-state index is 0.128. The van der Waals surface area contributed by atoms with Crippen LogP contribution in [-0.2, 0) is 14.2 Å². The fourth-order valence-corrected chi connectivity index (χ4v) is 3.62. The molecule has 2 aliphatic rings. The molecule has 0 radical (unpaired) electrons. The molecular weight excluding hydrogens is 258 g/mol. The van der Waals surface area contributed by atoms with Gasteiger partial charge in [-0.25, -0.2) is 4.79 Å². The predicted molar refractivity (Wildman–Crippen MR) is 75.5 cm³/mol. The van der Waals surface area contributed by atoms with Crippen molar-refractivity contribution in [2.24, 2.45) is 0 Å². The summed E-state index contributed by atoms with van der Waals surface area (Å²) in [5, 5.41) is 0. The number of rotatable bonds is 2. The van der Waals surface area contributed by atoms with Crippen molar-refractivity contribution in [1.82, 2.24) is 4.90 Å². The second-order valence-electron chi connectivity index (χ2n) is 7.24. The van der Waals surface area contributed by atoms with Gasteiger partial charge in [0, 0.05) is 38.6 Å². The maximum absolute atomic E-state index is 12.5. The summed E-state index contributed by atoms with van der Waals surface area (Å²) < 4.78 is 16.8. The van der Waals surface area contributed by atoms with Crippen LogP contribution in [0.2, 0.25) is 0 Å². The molecule has 0 aromatic heterocycles. The summed E-state index contributed by atoms with van der Waals surface area (Å²) in [7, 11) is 3.35. The Kier molecular flexibility index (Phi) is 3.80. The molecule has 0 N–H and O–H groups in total. The molecule has 0 aliphatic carbocycles. The summed E-state index contributed by atoms with van der Waals surface area (Å²) in [6, 6.07) is 0.128. The molecule has 2 unspecified atom stereocenters. The lowest BCUT2D eigenvalue weighted by molar-refractivity contribution is -0.248. The highest BCUT2D eigenvalue weighted by Crippen LogP contribution is 2.49. The average molecular weight is 285 g/mol. The highest BCUT2D eigenvalue weighted by molar-refractivity contribution is 5.70. The number of methoxy groups -OCH3 is 2. The number of nitrogens with zero attached hydrogens (tertiary/aromatic N) is 1. The van der Waals surface area contributed by atoms with E-state index in [2.05, 4.69) is 6.92 Å². The Hall–Kier alpha value is -0.810. The average Bonchev–Trinajstić information content (AvgIpc) is 2.55. The standard InChI is InChI=1S/C15H27NO4/c1-13(2,3)20-12(17)16-11-7-8-14(16,4)10-15(9-11,18-5)19-6/h11H,7-10H2,1-6H3. The SMILES string of the molecule is COC1(OC)CC2CCC(C)(C1)N2C(=O)OC(C)(C)C. The van der Waals surface area contributed by atoms with Crippen LogP contribution < -0.4 is 0 Å². The first-order chi connectivity index (χ1) is 9.15. The maximum atomic E-state index is 12.5. The lowest BCUT2D eigenvalue weighted by Crippen LogP contribution is -2.60. The zero-order valence-electron chi connectivity index (χ0n) is 13.5. The zero-order chi connectivity index (χ0) is 15.2. The van der Waals surface area contributed by atoms with Crippen molar-refractivity contribution in [2.45, 2.75) is 76.3 Å². The van der Waals surface area contributed by atoms with Crippen molar-refractivity contribution in [2.75, 3.05) is 14.2 Å². The molecule has 2 rings (SSSR count). The van der Waals surface area contributed by atoms with Crippen LogP contribution in [0.1, 0.15) is 53.4 Å². The molecule has 0 saturated carbocycles. The van der Waals surface area contributed by atoms with Crippen molar-refractivity contribution < 1.29 is 19.0 Å². The molecule has 5 heteroatoms. The molecule has 2 heterocycles. The molecule has 2 saturated heterocycles. The number of hydrogen-bond acceptors (Lipinski definition) is 4. The first kappa shape index (κ1) is 15.6. The summed E-state index contributed by atoms with van der Waals surface area (Å²) >= 11 is 0. The summed E-state index contributed by atoms with van der Waals surface area (Å²) in [4.78, 5) is 14.4. The van der Waals surface area contributed by atoms with Gasteiger partial charge in [-0.15, -0.1) is 0 Å². The summed E-state index contributed by atoms with van der Waals surface area (Å²) in [5.41, 5.74) is -0.721. The topological polar surface area (TPSA) is 48.0 Å². The van der Waals surface area contributed by atoms with Gasteiger partial charge in [-0.1, -0.05) is 0 Å². The van der Waals surface area contributed by atoms with Crippen LogP contribution in [0.5, 0.6) is 0 Å². The van der Waals surface area contributed by atoms with Gasteiger partial charge in [0.25, 0.3) is 0 Å². The molecule has 116 valence electrons. The zero-order valence-corrected chi connectivity index (χ0v) is 13.5. The van der Waals surface area contributed by atoms with Gasteiger partial charge in [-0.2, -0.15) is 0 Å². The maximum Gasteiger partial charge on any atom is 0.410 e. The lowest BCUT2D eigenvalue weighted by atomic mass is 9.86. The van der Waals surface area contributed by atoms with Gasteiger partial charge in [0.15, 0.2) is 5.79 Å². The normalized spacial score (nSPS) is 32.3. The number of ether oxygens (including phenoxy) is 3. The molecule has 2 atom stereocenters. The van der Waals surface area contributed by atoms with Gasteiger partial charge < -0.3 is 14.2 Å². The van der Waals surface area contributed by atoms with Gasteiger partial charge in [0.2, 0.25) is 0 Å². The van der Waals surface area contributed by atoms with Crippen LogP contribution in [0.3, 0.4) is 0 Å². The second kappa shape index (κ2) is 4.88. The van der Waals surface area contributed by atoms with Crippen LogP contribution in [0.15, 0.2) is 0 Å². The highest BCUT2D eigenvalue weighted by Gasteiger charge is 2.58. The Balaban J connectivity index is 2.21. The number of fused-ring (bicyclic) bond motifs is 2. The van der Waals surface area contributed by atoms with Gasteiger partial charge in [0.1, 0.15) is 5.60 Å². The minimum Gasteiger partial charge on any atom is -0.444 e. The molecule has 2 bridgehead atoms. The van der Waals surface area contributed by atoms with E-state index in [4.69, 9.17) is 14.2 Å². The van der Waals surface area contributed by atoms with E-state index in [1.807, 2.05) is 25.7 Å². The van der Waals surface area contributed by atoms with Gasteiger partial charge in [0.05, 0.1) is 0 Å². The van der Waals surface area contributed by atoms with E-state index in [0.717, 1.165) is 12.8 Å². The van der Waals surface area contributed by atoms with E-state index in [1.165, 1.54) is 0 Å². The van der Waals surface area contributed by atoms with Crippen molar-refractivity contribution in [3.8, 4) is 0 Å². The fraction of sp³-hybridized carbons (Fsp3) is 0.933. The number of hydrogen-bond donors (Lipinski definition) is 0. The molecule has 0 aromatic carbocycles. The molecule has 2 fully saturated rings. The molecule has 0 spiro atoms. The van der Waals surface area contributed by atoms with Crippen LogP contribution in [0.25, 0.3) is 0 Å². The molecular formula is C15H27NO4. The number of carbonyl (C=O) groups is 1. The van der Waals surface area contributed by atoms with Crippen molar-refractivity contribution in [3.05, 3.63) is 0 Å². The van der Waals surface area contributed by atoms with E-state index in [-0.39, 0.29) is 17.7 Å². The van der Waals surface area contributed by atoms with Crippen LogP contribution in [-0.4, -0.2) is 48.2 Å². The number of amides is 1. The van der Waals surface area contributed by atoms with Crippen LogP contribution in [0.4, 0.5) is 4.79 Å². The second-order valence-corrected chi connectivity index (χ2v) is 7.24. The Morgan fingerprint density at radius 3 is 2.30 bits per heavy atom. The highest BCUT2D eigenvalue weighted by atomic mass is 16.7. The fourth-order valence-electron chi connectivity index (χ4n) is 3.62. The lowest BCUT2D eigenvalue weighted by Gasteiger charge is -2.49. The van der Waals surface area contributed by atoms with Crippen molar-refractivity contribution >= 4 is 6.09 Å². The Bertz CT molecular complexity index is 386. The first-order valence-electron chi connectivity index (χ1n) is 7.27.